The molecule has 1 aromatic heterocycles. The van der Waals surface area contributed by atoms with Crippen molar-refractivity contribution >= 4 is 0 Å². The van der Waals surface area contributed by atoms with Crippen molar-refractivity contribution in [3.63, 3.8) is 0 Å². The smallest absolute Gasteiger partial charge is 0.147 e. The van der Waals surface area contributed by atoms with Gasteiger partial charge in [-0.2, -0.15) is 5.10 Å². The van der Waals surface area contributed by atoms with E-state index in [9.17, 15) is 5.11 Å². The molecule has 1 aromatic rings. The second-order valence-electron chi connectivity index (χ2n) is 8.17. The summed E-state index contributed by atoms with van der Waals surface area (Å²) in [6, 6.07) is 0.463. The van der Waals surface area contributed by atoms with Crippen LogP contribution in [0, 0.1) is 19.8 Å². The lowest BCUT2D eigenvalue weighted by Gasteiger charge is -2.38. The Balaban J connectivity index is 1.52. The molecule has 0 aliphatic carbocycles. The summed E-state index contributed by atoms with van der Waals surface area (Å²) < 4.78 is 2.04. The number of β-amino-alcohol motifs (C(OH)–C–C–N with tert-alkyl or cyclic N) is 1. The molecule has 2 fully saturated rings. The zero-order chi connectivity index (χ0) is 17.8. The van der Waals surface area contributed by atoms with E-state index in [1.54, 1.807) is 0 Å². The van der Waals surface area contributed by atoms with Crippen molar-refractivity contribution in [1.29, 1.82) is 0 Å². The lowest BCUT2D eigenvalue weighted by Crippen LogP contribution is -2.49. The van der Waals surface area contributed by atoms with Gasteiger partial charge in [-0.15, -0.1) is 0 Å². The molecule has 0 saturated carbocycles. The van der Waals surface area contributed by atoms with Crippen molar-refractivity contribution in [1.82, 2.24) is 24.6 Å². The quantitative estimate of drug-likeness (QED) is 0.849. The largest absolute Gasteiger partial charge is 0.390 e. The van der Waals surface area contributed by atoms with Gasteiger partial charge in [-0.05, 0) is 65.1 Å². The predicted octanol–water partition coefficient (Wildman–Crippen LogP) is 1.84. The van der Waals surface area contributed by atoms with Gasteiger partial charge in [0.05, 0.1) is 12.6 Å². The minimum absolute atomic E-state index is 0.257. The molecule has 2 saturated heterocycles. The van der Waals surface area contributed by atoms with Crippen LogP contribution in [-0.2, 0) is 6.54 Å². The van der Waals surface area contributed by atoms with Crippen molar-refractivity contribution in [2.24, 2.45) is 5.92 Å². The third-order valence-corrected chi connectivity index (χ3v) is 5.89. The maximum atomic E-state index is 10.6. The van der Waals surface area contributed by atoms with Crippen LogP contribution in [0.1, 0.15) is 50.7 Å². The molecule has 0 spiro atoms. The fourth-order valence-corrected chi connectivity index (χ4v) is 4.31. The van der Waals surface area contributed by atoms with E-state index in [1.165, 1.54) is 32.1 Å². The number of hydrogen-bond donors (Lipinski definition) is 1. The molecule has 0 radical (unpaired) electrons. The summed E-state index contributed by atoms with van der Waals surface area (Å²) >= 11 is 0. The minimum atomic E-state index is -0.257. The molecule has 2 aliphatic rings. The van der Waals surface area contributed by atoms with Crippen LogP contribution < -0.4 is 0 Å². The molecule has 2 atom stereocenters. The molecule has 6 heteroatoms. The monoisotopic (exact) mass is 349 g/mol. The molecule has 3 heterocycles. The summed E-state index contributed by atoms with van der Waals surface area (Å²) in [5, 5.41) is 15.2. The van der Waals surface area contributed by atoms with Crippen LogP contribution in [-0.4, -0.2) is 74.5 Å². The molecular weight excluding hydrogens is 314 g/mol. The Morgan fingerprint density at radius 2 is 1.84 bits per heavy atom. The summed E-state index contributed by atoms with van der Waals surface area (Å²) in [4.78, 5) is 9.35. The number of aryl methyl sites for hydroxylation is 2. The van der Waals surface area contributed by atoms with Crippen molar-refractivity contribution in [2.75, 3.05) is 32.7 Å². The highest BCUT2D eigenvalue weighted by Crippen LogP contribution is 2.20. The Hall–Kier alpha value is -0.980. The van der Waals surface area contributed by atoms with Crippen LogP contribution in [0.2, 0.25) is 0 Å². The number of aromatic nitrogens is 3. The van der Waals surface area contributed by atoms with Crippen LogP contribution >= 0.6 is 0 Å². The van der Waals surface area contributed by atoms with E-state index in [0.717, 1.165) is 56.8 Å². The molecule has 0 bridgehead atoms. The molecule has 1 N–H and O–H groups in total. The summed E-state index contributed by atoms with van der Waals surface area (Å²) in [6.45, 7) is 12.2. The highest BCUT2D eigenvalue weighted by molar-refractivity contribution is 4.90. The average molecular weight is 350 g/mol. The number of likely N-dealkylation sites (tertiary alicyclic amines) is 2. The van der Waals surface area contributed by atoms with Crippen LogP contribution in [0.5, 0.6) is 0 Å². The van der Waals surface area contributed by atoms with E-state index < -0.39 is 0 Å². The Kier molecular flexibility index (Phi) is 6.47. The molecule has 0 amide bonds. The summed E-state index contributed by atoms with van der Waals surface area (Å²) in [7, 11) is 0. The van der Waals surface area contributed by atoms with Gasteiger partial charge in [-0.3, -0.25) is 4.90 Å². The second kappa shape index (κ2) is 8.60. The van der Waals surface area contributed by atoms with Gasteiger partial charge in [-0.1, -0.05) is 13.3 Å². The normalized spacial score (nSPS) is 25.4. The first-order valence-electron chi connectivity index (χ1n) is 10.0. The lowest BCUT2D eigenvalue weighted by molar-refractivity contribution is 0.0321. The van der Waals surface area contributed by atoms with Crippen LogP contribution in [0.4, 0.5) is 0 Å². The number of hydrogen-bond acceptors (Lipinski definition) is 5. The third kappa shape index (κ3) is 5.25. The SMILES string of the molecule is Cc1nc(C)n(C[C@@H]2CCCCN2C[C@@H](O)CN2CCC(C)CC2)n1. The van der Waals surface area contributed by atoms with Gasteiger partial charge in [0.15, 0.2) is 0 Å². The topological polar surface area (TPSA) is 57.4 Å². The van der Waals surface area contributed by atoms with Gasteiger partial charge in [0, 0.05) is 19.1 Å². The molecule has 2 aliphatic heterocycles. The predicted molar refractivity (Wildman–Crippen MR) is 99.6 cm³/mol. The zero-order valence-electron chi connectivity index (χ0n) is 16.2. The molecule has 25 heavy (non-hydrogen) atoms. The van der Waals surface area contributed by atoms with E-state index in [1.807, 2.05) is 18.5 Å². The Morgan fingerprint density at radius 1 is 1.08 bits per heavy atom. The van der Waals surface area contributed by atoms with Crippen molar-refractivity contribution in [2.45, 2.75) is 71.6 Å². The van der Waals surface area contributed by atoms with Gasteiger partial charge in [0.2, 0.25) is 0 Å². The van der Waals surface area contributed by atoms with Crippen molar-refractivity contribution < 1.29 is 5.11 Å². The first-order chi connectivity index (χ1) is 12.0. The Labute approximate surface area is 152 Å². The maximum Gasteiger partial charge on any atom is 0.147 e. The standard InChI is InChI=1S/C19H35N5O/c1-15-7-10-22(11-8-15)13-19(25)14-23-9-5-4-6-18(23)12-24-17(3)20-16(2)21-24/h15,18-19,25H,4-14H2,1-3H3/t18-,19-/m0/s1. The van der Waals surface area contributed by atoms with Crippen molar-refractivity contribution in [3.05, 3.63) is 11.6 Å². The lowest BCUT2D eigenvalue weighted by atomic mass is 9.98. The summed E-state index contributed by atoms with van der Waals surface area (Å²) in [5.74, 6) is 2.68. The Bertz CT molecular complexity index is 538. The van der Waals surface area contributed by atoms with E-state index in [-0.39, 0.29) is 6.10 Å². The zero-order valence-corrected chi connectivity index (χ0v) is 16.2. The Morgan fingerprint density at radius 3 is 2.52 bits per heavy atom. The van der Waals surface area contributed by atoms with Gasteiger partial charge >= 0.3 is 0 Å². The molecule has 0 aromatic carbocycles. The summed E-state index contributed by atoms with van der Waals surface area (Å²) in [5.41, 5.74) is 0. The summed E-state index contributed by atoms with van der Waals surface area (Å²) in [6.07, 6.45) is 5.97. The van der Waals surface area contributed by atoms with E-state index >= 15 is 0 Å². The molecular formula is C19H35N5O. The van der Waals surface area contributed by atoms with E-state index in [0.29, 0.717) is 6.04 Å². The highest BCUT2D eigenvalue weighted by Gasteiger charge is 2.27. The third-order valence-electron chi connectivity index (χ3n) is 5.89. The van der Waals surface area contributed by atoms with E-state index in [2.05, 4.69) is 26.8 Å². The van der Waals surface area contributed by atoms with Crippen LogP contribution in [0.3, 0.4) is 0 Å². The highest BCUT2D eigenvalue weighted by atomic mass is 16.3. The molecule has 0 unspecified atom stereocenters. The number of nitrogens with zero attached hydrogens (tertiary/aromatic N) is 5. The fraction of sp³-hybridized carbons (Fsp3) is 0.895. The number of aliphatic hydroxyl groups excluding tert-OH is 1. The van der Waals surface area contributed by atoms with Gasteiger partial charge in [-0.25, -0.2) is 9.67 Å². The van der Waals surface area contributed by atoms with Crippen LogP contribution in [0.25, 0.3) is 0 Å². The fourth-order valence-electron chi connectivity index (χ4n) is 4.31. The first-order valence-corrected chi connectivity index (χ1v) is 10.0. The van der Waals surface area contributed by atoms with Gasteiger partial charge < -0.3 is 10.0 Å². The number of piperidine rings is 2. The molecule has 142 valence electrons. The first kappa shape index (κ1) is 18.8. The maximum absolute atomic E-state index is 10.6. The second-order valence-corrected chi connectivity index (χ2v) is 8.17. The molecule has 6 nitrogen and oxygen atoms in total. The van der Waals surface area contributed by atoms with Crippen molar-refractivity contribution in [3.8, 4) is 0 Å². The number of aliphatic hydroxyl groups is 1. The van der Waals surface area contributed by atoms with Crippen LogP contribution in [0.15, 0.2) is 0 Å². The molecule has 3 rings (SSSR count). The van der Waals surface area contributed by atoms with Gasteiger partial charge in [0.1, 0.15) is 11.6 Å². The van der Waals surface area contributed by atoms with E-state index in [4.69, 9.17) is 0 Å². The van der Waals surface area contributed by atoms with Gasteiger partial charge in [0.25, 0.3) is 0 Å². The minimum Gasteiger partial charge on any atom is -0.390 e. The number of rotatable bonds is 6. The average Bonchev–Trinajstić information content (AvgIpc) is 2.89.